The zero-order valence-corrected chi connectivity index (χ0v) is 7.78. The van der Waals surface area contributed by atoms with Crippen molar-refractivity contribution in [2.24, 2.45) is 5.18 Å². The summed E-state index contributed by atoms with van der Waals surface area (Å²) in [5.41, 5.74) is 0.416. The van der Waals surface area contributed by atoms with E-state index in [0.717, 1.165) is 0 Å². The van der Waals surface area contributed by atoms with Crippen LogP contribution >= 0.6 is 11.6 Å². The van der Waals surface area contributed by atoms with Crippen LogP contribution in [0.25, 0.3) is 0 Å². The molecule has 13 heavy (non-hydrogen) atoms. The van der Waals surface area contributed by atoms with Gasteiger partial charge in [-0.2, -0.15) is 4.91 Å². The fourth-order valence-corrected chi connectivity index (χ4v) is 1.12. The van der Waals surface area contributed by atoms with Crippen molar-refractivity contribution < 1.29 is 4.79 Å². The molecular formula is C9H8ClNO2. The summed E-state index contributed by atoms with van der Waals surface area (Å²) < 4.78 is 0. The largest absolute Gasteiger partial charge is 0.292 e. The average molecular weight is 198 g/mol. The Morgan fingerprint density at radius 3 is 2.77 bits per heavy atom. The Morgan fingerprint density at radius 1 is 1.54 bits per heavy atom. The van der Waals surface area contributed by atoms with Crippen LogP contribution in [0.3, 0.4) is 0 Å². The molecule has 68 valence electrons. The van der Waals surface area contributed by atoms with E-state index in [9.17, 15) is 9.70 Å². The average Bonchev–Trinajstić information content (AvgIpc) is 2.15. The lowest BCUT2D eigenvalue weighted by Gasteiger charge is -2.01. The summed E-state index contributed by atoms with van der Waals surface area (Å²) >= 11 is 5.68. The topological polar surface area (TPSA) is 46.5 Å². The van der Waals surface area contributed by atoms with Crippen LogP contribution in [-0.4, -0.2) is 11.8 Å². The Hall–Kier alpha value is -1.22. The van der Waals surface area contributed by atoms with Gasteiger partial charge in [0.2, 0.25) is 0 Å². The Kier molecular flexibility index (Phi) is 3.14. The Labute approximate surface area is 80.7 Å². The van der Waals surface area contributed by atoms with E-state index in [0.29, 0.717) is 10.6 Å². The number of nitroso groups, excluding NO2 is 1. The third-order valence-electron chi connectivity index (χ3n) is 1.65. The summed E-state index contributed by atoms with van der Waals surface area (Å²) in [6.07, 6.45) is 0. The molecule has 1 aromatic carbocycles. The predicted octanol–water partition coefficient (Wildman–Crippen LogP) is 2.68. The molecule has 0 aromatic heterocycles. The molecule has 1 atom stereocenters. The van der Waals surface area contributed by atoms with Gasteiger partial charge in [0.05, 0.1) is 0 Å². The third-order valence-corrected chi connectivity index (χ3v) is 1.88. The number of carbonyl (C=O) groups is 1. The van der Waals surface area contributed by atoms with Gasteiger partial charge in [-0.05, 0) is 19.1 Å². The fourth-order valence-electron chi connectivity index (χ4n) is 0.931. The van der Waals surface area contributed by atoms with E-state index in [1.165, 1.54) is 13.0 Å². The Bertz CT molecular complexity index is 338. The molecule has 1 aromatic rings. The van der Waals surface area contributed by atoms with E-state index in [1.807, 2.05) is 0 Å². The minimum absolute atomic E-state index is 0.308. The van der Waals surface area contributed by atoms with Crippen LogP contribution in [0.15, 0.2) is 29.4 Å². The minimum atomic E-state index is -0.849. The molecule has 0 aliphatic rings. The van der Waals surface area contributed by atoms with Gasteiger partial charge in [-0.15, -0.1) is 0 Å². The van der Waals surface area contributed by atoms with Crippen LogP contribution in [0.2, 0.25) is 5.02 Å². The van der Waals surface area contributed by atoms with E-state index >= 15 is 0 Å². The van der Waals surface area contributed by atoms with E-state index in [2.05, 4.69) is 5.18 Å². The third kappa shape index (κ3) is 2.36. The second kappa shape index (κ2) is 4.14. The van der Waals surface area contributed by atoms with Crippen LogP contribution < -0.4 is 0 Å². The minimum Gasteiger partial charge on any atom is -0.292 e. The fraction of sp³-hybridized carbons (Fsp3) is 0.222. The van der Waals surface area contributed by atoms with Gasteiger partial charge in [0.15, 0.2) is 11.8 Å². The quantitative estimate of drug-likeness (QED) is 0.553. The number of Topliss-reactive ketones (excluding diaryl/α,β-unsaturated/α-hetero) is 1. The molecule has 3 nitrogen and oxygen atoms in total. The van der Waals surface area contributed by atoms with E-state index in [4.69, 9.17) is 11.6 Å². The molecule has 0 fully saturated rings. The first-order chi connectivity index (χ1) is 6.15. The number of rotatable bonds is 3. The van der Waals surface area contributed by atoms with Gasteiger partial charge in [-0.3, -0.25) is 4.79 Å². The molecule has 0 saturated carbocycles. The van der Waals surface area contributed by atoms with Crippen molar-refractivity contribution in [3.63, 3.8) is 0 Å². The summed E-state index contributed by atoms with van der Waals surface area (Å²) in [5, 5.41) is 3.13. The molecule has 0 spiro atoms. The smallest absolute Gasteiger partial charge is 0.190 e. The lowest BCUT2D eigenvalue weighted by atomic mass is 10.1. The molecule has 0 saturated heterocycles. The second-order valence-electron chi connectivity index (χ2n) is 2.66. The summed E-state index contributed by atoms with van der Waals surface area (Å²) in [7, 11) is 0. The van der Waals surface area contributed by atoms with Crippen molar-refractivity contribution in [3.8, 4) is 0 Å². The lowest BCUT2D eigenvalue weighted by Crippen LogP contribution is -2.13. The zero-order valence-electron chi connectivity index (χ0n) is 7.03. The van der Waals surface area contributed by atoms with Gasteiger partial charge in [0.25, 0.3) is 0 Å². The highest BCUT2D eigenvalue weighted by Crippen LogP contribution is 2.13. The van der Waals surface area contributed by atoms with Gasteiger partial charge in [0, 0.05) is 10.6 Å². The number of benzene rings is 1. The van der Waals surface area contributed by atoms with Crippen molar-refractivity contribution in [1.29, 1.82) is 0 Å². The van der Waals surface area contributed by atoms with Crippen LogP contribution in [0.4, 0.5) is 0 Å². The number of halogens is 1. The molecule has 4 heteroatoms. The SMILES string of the molecule is CC(N=O)C(=O)c1cccc(Cl)c1. The number of ketones is 1. The van der Waals surface area contributed by atoms with Gasteiger partial charge in [0.1, 0.15) is 0 Å². The van der Waals surface area contributed by atoms with Crippen LogP contribution in [-0.2, 0) is 0 Å². The maximum absolute atomic E-state index is 11.4. The van der Waals surface area contributed by atoms with Gasteiger partial charge >= 0.3 is 0 Å². The highest BCUT2D eigenvalue weighted by Gasteiger charge is 2.14. The Balaban J connectivity index is 2.95. The van der Waals surface area contributed by atoms with E-state index in [1.54, 1.807) is 18.2 Å². The standard InChI is InChI=1S/C9H8ClNO2/c1-6(11-13)9(12)7-3-2-4-8(10)5-7/h2-6H,1H3. The van der Waals surface area contributed by atoms with Crippen LogP contribution in [0.5, 0.6) is 0 Å². The highest BCUT2D eigenvalue weighted by molar-refractivity contribution is 6.31. The number of hydrogen-bond acceptors (Lipinski definition) is 3. The van der Waals surface area contributed by atoms with Crippen LogP contribution in [0.1, 0.15) is 17.3 Å². The zero-order chi connectivity index (χ0) is 9.84. The van der Waals surface area contributed by atoms with E-state index < -0.39 is 6.04 Å². The van der Waals surface area contributed by atoms with Crippen molar-refractivity contribution in [2.45, 2.75) is 13.0 Å². The van der Waals surface area contributed by atoms with Crippen molar-refractivity contribution in [3.05, 3.63) is 39.8 Å². The molecule has 1 rings (SSSR count). The molecule has 0 heterocycles. The summed E-state index contributed by atoms with van der Waals surface area (Å²) in [5.74, 6) is -0.308. The number of carbonyl (C=O) groups excluding carboxylic acids is 1. The van der Waals surface area contributed by atoms with Crippen molar-refractivity contribution in [2.75, 3.05) is 0 Å². The summed E-state index contributed by atoms with van der Waals surface area (Å²) in [6.45, 7) is 1.45. The summed E-state index contributed by atoms with van der Waals surface area (Å²) in [6, 6.07) is 5.60. The second-order valence-corrected chi connectivity index (χ2v) is 3.09. The first kappa shape index (κ1) is 9.86. The van der Waals surface area contributed by atoms with Gasteiger partial charge < -0.3 is 0 Å². The first-order valence-corrected chi connectivity index (χ1v) is 4.15. The summed E-state index contributed by atoms with van der Waals surface area (Å²) in [4.78, 5) is 21.5. The van der Waals surface area contributed by atoms with E-state index in [-0.39, 0.29) is 5.78 Å². The first-order valence-electron chi connectivity index (χ1n) is 3.77. The molecule has 0 bridgehead atoms. The molecule has 0 N–H and O–H groups in total. The molecule has 0 aliphatic carbocycles. The van der Waals surface area contributed by atoms with Crippen molar-refractivity contribution in [1.82, 2.24) is 0 Å². The highest BCUT2D eigenvalue weighted by atomic mass is 35.5. The molecule has 0 radical (unpaired) electrons. The molecule has 1 unspecified atom stereocenters. The van der Waals surface area contributed by atoms with Crippen molar-refractivity contribution >= 4 is 17.4 Å². The molecule has 0 amide bonds. The monoisotopic (exact) mass is 197 g/mol. The maximum atomic E-state index is 11.4. The number of nitrogens with zero attached hydrogens (tertiary/aromatic N) is 1. The molecular weight excluding hydrogens is 190 g/mol. The van der Waals surface area contributed by atoms with Crippen LogP contribution in [0, 0.1) is 4.91 Å². The Morgan fingerprint density at radius 2 is 2.23 bits per heavy atom. The maximum Gasteiger partial charge on any atom is 0.190 e. The predicted molar refractivity (Wildman–Crippen MR) is 51.0 cm³/mol. The van der Waals surface area contributed by atoms with Gasteiger partial charge in [-0.1, -0.05) is 28.9 Å². The normalized spacial score (nSPS) is 12.2. The van der Waals surface area contributed by atoms with Gasteiger partial charge in [-0.25, -0.2) is 0 Å². The number of hydrogen-bond donors (Lipinski definition) is 0. The lowest BCUT2D eigenvalue weighted by molar-refractivity contribution is 0.0968. The molecule has 0 aliphatic heterocycles.